The van der Waals surface area contributed by atoms with Gasteiger partial charge in [0, 0.05) is 44.2 Å². The molecule has 0 saturated heterocycles. The number of nitrogens with zero attached hydrogens (tertiary/aromatic N) is 2. The molecule has 34 heavy (non-hydrogen) atoms. The number of anilines is 1. The van der Waals surface area contributed by atoms with E-state index in [0.29, 0.717) is 5.69 Å². The zero-order valence-corrected chi connectivity index (χ0v) is 20.2. The fraction of sp³-hybridized carbons (Fsp3) is 0.154. The second kappa shape index (κ2) is 10.2. The summed E-state index contributed by atoms with van der Waals surface area (Å²) >= 11 is 0. The van der Waals surface area contributed by atoms with Crippen LogP contribution in [0.3, 0.4) is 0 Å². The van der Waals surface area contributed by atoms with Gasteiger partial charge in [-0.3, -0.25) is 14.0 Å². The molecule has 0 bridgehead atoms. The molecule has 0 aliphatic carbocycles. The maximum atomic E-state index is 12.5. The summed E-state index contributed by atoms with van der Waals surface area (Å²) < 4.78 is 24.0. The molecule has 0 atom stereocenters. The maximum Gasteiger partial charge on any atom is 0.334 e. The molecule has 1 N–H and O–H groups in total. The standard InChI is InChI=1S/C26H26N3O4P/c1-29-26(24-10-6-8-20-7-4-5-9-23(20)24)21(17-27-29)13-16-25(30)28-22-14-11-19(12-15-22)18-34(31,32-2)33-3/h4-17H,18H2,1-3H3,(H,28,30). The summed E-state index contributed by atoms with van der Waals surface area (Å²) in [6.45, 7) is 0. The minimum absolute atomic E-state index is 0.159. The third-order valence-corrected chi connectivity index (χ3v) is 7.45. The zero-order chi connectivity index (χ0) is 24.1. The Hall–Kier alpha value is -3.51. The van der Waals surface area contributed by atoms with Gasteiger partial charge in [-0.05, 0) is 34.5 Å². The average molecular weight is 475 g/mol. The summed E-state index contributed by atoms with van der Waals surface area (Å²) in [5, 5.41) is 9.51. The number of rotatable bonds is 8. The van der Waals surface area contributed by atoms with Gasteiger partial charge in [-0.25, -0.2) is 0 Å². The fourth-order valence-electron chi connectivity index (χ4n) is 3.81. The van der Waals surface area contributed by atoms with E-state index in [0.717, 1.165) is 33.2 Å². The lowest BCUT2D eigenvalue weighted by molar-refractivity contribution is -0.111. The number of aromatic nitrogens is 2. The van der Waals surface area contributed by atoms with Crippen molar-refractivity contribution >= 4 is 36.0 Å². The van der Waals surface area contributed by atoms with Crippen molar-refractivity contribution in [2.75, 3.05) is 19.5 Å². The number of hydrogen-bond acceptors (Lipinski definition) is 5. The van der Waals surface area contributed by atoms with Crippen molar-refractivity contribution in [3.8, 4) is 11.3 Å². The Bertz CT molecular complexity index is 1380. The normalized spacial score (nSPS) is 11.9. The second-order valence-electron chi connectivity index (χ2n) is 7.75. The predicted octanol–water partition coefficient (Wildman–Crippen LogP) is 5.88. The number of aryl methyl sites for hydroxylation is 1. The molecule has 4 aromatic rings. The van der Waals surface area contributed by atoms with Crippen LogP contribution in [0.2, 0.25) is 0 Å². The summed E-state index contributed by atoms with van der Waals surface area (Å²) in [7, 11) is 1.47. The quantitative estimate of drug-likeness (QED) is 0.254. The van der Waals surface area contributed by atoms with Crippen LogP contribution >= 0.6 is 7.60 Å². The second-order valence-corrected chi connectivity index (χ2v) is 10.0. The van der Waals surface area contributed by atoms with Crippen LogP contribution in [-0.4, -0.2) is 29.9 Å². The molecule has 0 aliphatic rings. The third-order valence-electron chi connectivity index (χ3n) is 5.58. The van der Waals surface area contributed by atoms with Crippen molar-refractivity contribution in [1.82, 2.24) is 9.78 Å². The first-order valence-corrected chi connectivity index (χ1v) is 12.4. The molecule has 0 spiro atoms. The van der Waals surface area contributed by atoms with Crippen LogP contribution in [0.4, 0.5) is 5.69 Å². The summed E-state index contributed by atoms with van der Waals surface area (Å²) in [6, 6.07) is 21.4. The summed E-state index contributed by atoms with van der Waals surface area (Å²) in [5.41, 5.74) is 4.25. The predicted molar refractivity (Wildman–Crippen MR) is 136 cm³/mol. The molecule has 174 valence electrons. The molecule has 0 aliphatic heterocycles. The van der Waals surface area contributed by atoms with Crippen molar-refractivity contribution < 1.29 is 18.4 Å². The first-order valence-electron chi connectivity index (χ1n) is 10.7. The number of benzene rings is 3. The molecule has 3 aromatic carbocycles. The van der Waals surface area contributed by atoms with Crippen molar-refractivity contribution in [3.63, 3.8) is 0 Å². The highest BCUT2D eigenvalue weighted by Crippen LogP contribution is 2.49. The minimum Gasteiger partial charge on any atom is -0.323 e. The maximum absolute atomic E-state index is 12.5. The van der Waals surface area contributed by atoms with Gasteiger partial charge in [-0.2, -0.15) is 5.10 Å². The van der Waals surface area contributed by atoms with E-state index in [2.05, 4.69) is 34.7 Å². The lowest BCUT2D eigenvalue weighted by Gasteiger charge is -2.13. The molecule has 1 amide bonds. The van der Waals surface area contributed by atoms with Crippen LogP contribution in [0.25, 0.3) is 28.1 Å². The van der Waals surface area contributed by atoms with Gasteiger partial charge in [0.15, 0.2) is 0 Å². The van der Waals surface area contributed by atoms with Crippen LogP contribution in [0.15, 0.2) is 79.0 Å². The molecule has 1 aromatic heterocycles. The van der Waals surface area contributed by atoms with Crippen LogP contribution in [0, 0.1) is 0 Å². The van der Waals surface area contributed by atoms with Gasteiger partial charge in [0.2, 0.25) is 5.91 Å². The smallest absolute Gasteiger partial charge is 0.323 e. The average Bonchev–Trinajstić information content (AvgIpc) is 3.23. The summed E-state index contributed by atoms with van der Waals surface area (Å²) in [6.07, 6.45) is 5.16. The Kier molecular flexibility index (Phi) is 7.08. The van der Waals surface area contributed by atoms with E-state index in [1.807, 2.05) is 29.9 Å². The van der Waals surface area contributed by atoms with Crippen LogP contribution < -0.4 is 5.32 Å². The number of hydrogen-bond donors (Lipinski definition) is 1. The minimum atomic E-state index is -3.14. The van der Waals surface area contributed by atoms with Crippen molar-refractivity contribution in [2.24, 2.45) is 7.05 Å². The number of nitrogens with one attached hydrogen (secondary N) is 1. The molecule has 0 unspecified atom stereocenters. The van der Waals surface area contributed by atoms with Crippen LogP contribution in [0.5, 0.6) is 0 Å². The molecular formula is C26H26N3O4P. The third kappa shape index (κ3) is 5.18. The lowest BCUT2D eigenvalue weighted by atomic mass is 10.00. The van der Waals surface area contributed by atoms with E-state index >= 15 is 0 Å². The topological polar surface area (TPSA) is 82.5 Å². The van der Waals surface area contributed by atoms with Gasteiger partial charge in [-0.15, -0.1) is 0 Å². The number of amides is 1. The molecule has 4 rings (SSSR count). The largest absolute Gasteiger partial charge is 0.334 e. The SMILES string of the molecule is COP(=O)(Cc1ccc(NC(=O)C=Cc2cnn(C)c2-c2cccc3ccccc23)cc1)OC. The van der Waals surface area contributed by atoms with Gasteiger partial charge >= 0.3 is 7.60 Å². The Morgan fingerprint density at radius 2 is 1.74 bits per heavy atom. The first kappa shape index (κ1) is 23.6. The Morgan fingerprint density at radius 3 is 2.47 bits per heavy atom. The molecule has 1 heterocycles. The van der Waals surface area contributed by atoms with Crippen LogP contribution in [0.1, 0.15) is 11.1 Å². The summed E-state index contributed by atoms with van der Waals surface area (Å²) in [5.74, 6) is -0.264. The Labute approximate surface area is 198 Å². The fourth-order valence-corrected chi connectivity index (χ4v) is 4.87. The lowest BCUT2D eigenvalue weighted by Crippen LogP contribution is -2.07. The van der Waals surface area contributed by atoms with Crippen molar-refractivity contribution in [1.29, 1.82) is 0 Å². The highest BCUT2D eigenvalue weighted by molar-refractivity contribution is 7.52. The Morgan fingerprint density at radius 1 is 1.03 bits per heavy atom. The van der Waals surface area contributed by atoms with Gasteiger partial charge in [-0.1, -0.05) is 54.6 Å². The molecule has 0 radical (unpaired) electrons. The van der Waals surface area contributed by atoms with Gasteiger partial charge < -0.3 is 14.4 Å². The Balaban J connectivity index is 1.50. The molecule has 0 saturated carbocycles. The van der Waals surface area contributed by atoms with Gasteiger partial charge in [0.05, 0.1) is 18.1 Å². The molecular weight excluding hydrogens is 449 g/mol. The highest BCUT2D eigenvalue weighted by Gasteiger charge is 2.21. The van der Waals surface area contributed by atoms with Gasteiger partial charge in [0.1, 0.15) is 0 Å². The zero-order valence-electron chi connectivity index (χ0n) is 19.3. The van der Waals surface area contributed by atoms with E-state index in [1.54, 1.807) is 36.5 Å². The van der Waals surface area contributed by atoms with Crippen molar-refractivity contribution in [3.05, 3.63) is 90.1 Å². The van der Waals surface area contributed by atoms with Gasteiger partial charge in [0.25, 0.3) is 0 Å². The van der Waals surface area contributed by atoms with Crippen LogP contribution in [-0.2, 0) is 31.6 Å². The van der Waals surface area contributed by atoms with E-state index in [-0.39, 0.29) is 12.1 Å². The first-order chi connectivity index (χ1) is 16.4. The van der Waals surface area contributed by atoms with E-state index < -0.39 is 7.60 Å². The molecule has 7 nitrogen and oxygen atoms in total. The summed E-state index contributed by atoms with van der Waals surface area (Å²) in [4.78, 5) is 12.5. The number of carbonyl (C=O) groups is 1. The van der Waals surface area contributed by atoms with E-state index in [4.69, 9.17) is 9.05 Å². The van der Waals surface area contributed by atoms with Crippen molar-refractivity contribution in [2.45, 2.75) is 6.16 Å². The monoisotopic (exact) mass is 475 g/mol. The highest BCUT2D eigenvalue weighted by atomic mass is 31.2. The number of fused-ring (bicyclic) bond motifs is 1. The number of carbonyl (C=O) groups excluding carboxylic acids is 1. The van der Waals surface area contributed by atoms with E-state index in [9.17, 15) is 9.36 Å². The molecule has 0 fully saturated rings. The molecule has 8 heteroatoms. The van der Waals surface area contributed by atoms with E-state index in [1.165, 1.54) is 20.3 Å².